The predicted octanol–water partition coefficient (Wildman–Crippen LogP) is 3.83. The van der Waals surface area contributed by atoms with Crippen LogP contribution in [0.15, 0.2) is 22.7 Å². The van der Waals surface area contributed by atoms with E-state index in [0.717, 1.165) is 44.9 Å². The number of methoxy groups -OCH3 is 2. The minimum atomic E-state index is -0.345. The number of amides is 1. The molecule has 0 heterocycles. The van der Waals surface area contributed by atoms with Crippen LogP contribution in [0, 0.1) is 5.92 Å². The molecule has 29 heavy (non-hydrogen) atoms. The van der Waals surface area contributed by atoms with Gasteiger partial charge in [-0.3, -0.25) is 9.59 Å². The molecule has 2 rings (SSSR count). The van der Waals surface area contributed by atoms with Gasteiger partial charge in [0.05, 0.1) is 20.8 Å². The monoisotopic (exact) mass is 407 g/mol. The van der Waals surface area contributed by atoms with Crippen LogP contribution in [0.1, 0.15) is 64.7 Å². The minimum Gasteiger partial charge on any atom is -0.489 e. The number of Topliss-reactive ketones (excluding diaryl/α,β-unsaturated/α-hetero) is 2. The molecule has 2 aliphatic rings. The van der Waals surface area contributed by atoms with E-state index in [1.54, 1.807) is 0 Å². The summed E-state index contributed by atoms with van der Waals surface area (Å²) in [6.45, 7) is 2.91. The van der Waals surface area contributed by atoms with Crippen LogP contribution in [0.25, 0.3) is 0 Å². The van der Waals surface area contributed by atoms with Crippen molar-refractivity contribution in [1.82, 2.24) is 5.32 Å². The van der Waals surface area contributed by atoms with Gasteiger partial charge in [0, 0.05) is 17.7 Å². The van der Waals surface area contributed by atoms with Crippen LogP contribution in [0.3, 0.4) is 0 Å². The van der Waals surface area contributed by atoms with E-state index in [0.29, 0.717) is 43.1 Å². The third-order valence-electron chi connectivity index (χ3n) is 5.49. The Balaban J connectivity index is 1.61. The van der Waals surface area contributed by atoms with Crippen LogP contribution < -0.4 is 5.32 Å². The average molecular weight is 408 g/mol. The molecule has 7 heteroatoms. The lowest BCUT2D eigenvalue weighted by atomic mass is 9.94. The molecule has 1 amide bonds. The van der Waals surface area contributed by atoms with E-state index in [4.69, 9.17) is 14.2 Å². The molecule has 1 N–H and O–H groups in total. The highest BCUT2D eigenvalue weighted by atomic mass is 16.5. The highest BCUT2D eigenvalue weighted by molar-refractivity contribution is 6.24. The molecule has 0 saturated carbocycles. The quantitative estimate of drug-likeness (QED) is 0.391. The maximum absolute atomic E-state index is 12.6. The van der Waals surface area contributed by atoms with E-state index in [-0.39, 0.29) is 29.2 Å². The van der Waals surface area contributed by atoms with Crippen molar-refractivity contribution in [3.05, 3.63) is 22.7 Å². The second-order valence-corrected chi connectivity index (χ2v) is 7.53. The Morgan fingerprint density at radius 3 is 1.93 bits per heavy atom. The number of allylic oxidation sites excluding steroid dienone is 2. The summed E-state index contributed by atoms with van der Waals surface area (Å²) in [4.78, 5) is 36.3. The molecule has 0 aromatic carbocycles. The number of ether oxygens (including phenoxy) is 3. The number of carbonyl (C=O) groups is 3. The summed E-state index contributed by atoms with van der Waals surface area (Å²) in [5.74, 6) is 0.0152. The maximum Gasteiger partial charge on any atom is 0.407 e. The fourth-order valence-corrected chi connectivity index (χ4v) is 4.01. The maximum atomic E-state index is 12.6. The van der Waals surface area contributed by atoms with Gasteiger partial charge in [-0.15, -0.1) is 0 Å². The molecule has 0 radical (unpaired) electrons. The summed E-state index contributed by atoms with van der Waals surface area (Å²) in [6.07, 6.45) is 8.39. The molecule has 7 nitrogen and oxygen atoms in total. The average Bonchev–Trinajstić information content (AvgIpc) is 3.14. The first-order valence-corrected chi connectivity index (χ1v) is 10.6. The molecule has 0 saturated heterocycles. The van der Waals surface area contributed by atoms with Gasteiger partial charge in [0.25, 0.3) is 0 Å². The van der Waals surface area contributed by atoms with Gasteiger partial charge in [-0.05, 0) is 38.5 Å². The van der Waals surface area contributed by atoms with Crippen molar-refractivity contribution < 1.29 is 28.6 Å². The summed E-state index contributed by atoms with van der Waals surface area (Å²) in [7, 11) is 2.78. The Labute approximate surface area is 172 Å². The topological polar surface area (TPSA) is 90.9 Å². The first kappa shape index (κ1) is 23.0. The lowest BCUT2D eigenvalue weighted by Crippen LogP contribution is -2.23. The summed E-state index contributed by atoms with van der Waals surface area (Å²) in [5, 5.41) is 2.60. The smallest absolute Gasteiger partial charge is 0.407 e. The first-order chi connectivity index (χ1) is 14.0. The number of hydrogen-bond donors (Lipinski definition) is 1. The number of rotatable bonds is 12. The Morgan fingerprint density at radius 1 is 0.897 bits per heavy atom. The molecule has 0 aromatic heterocycles. The normalized spacial score (nSPS) is 16.9. The van der Waals surface area contributed by atoms with Crippen LogP contribution in [0.2, 0.25) is 0 Å². The van der Waals surface area contributed by atoms with Crippen molar-refractivity contribution in [3.63, 3.8) is 0 Å². The molecule has 0 aromatic rings. The number of hydrogen-bond acceptors (Lipinski definition) is 6. The summed E-state index contributed by atoms with van der Waals surface area (Å²) in [5.41, 5.74) is 1.23. The number of unbranched alkanes of at least 4 members (excludes halogenated alkanes) is 5. The van der Waals surface area contributed by atoms with Gasteiger partial charge in [0.1, 0.15) is 0 Å². The van der Waals surface area contributed by atoms with Gasteiger partial charge in [-0.25, -0.2) is 4.79 Å². The highest BCUT2D eigenvalue weighted by Gasteiger charge is 2.41. The molecule has 0 bridgehead atoms. The Morgan fingerprint density at radius 2 is 1.41 bits per heavy atom. The molecular weight excluding hydrogens is 374 g/mol. The molecule has 0 fully saturated rings. The predicted molar refractivity (Wildman–Crippen MR) is 108 cm³/mol. The van der Waals surface area contributed by atoms with Crippen molar-refractivity contribution in [2.75, 3.05) is 27.4 Å². The largest absolute Gasteiger partial charge is 0.489 e. The molecule has 0 spiro atoms. The molecular formula is C22H33NO6. The Kier molecular flexibility index (Phi) is 9.22. The first-order valence-electron chi connectivity index (χ1n) is 10.6. The van der Waals surface area contributed by atoms with Gasteiger partial charge in [0.2, 0.25) is 23.1 Å². The number of nitrogens with one attached hydrogen (secondary N) is 1. The standard InChI is InChI=1S/C22H33NO6/c1-4-23-22(26)29-12-10-8-6-5-7-9-11-15-13-16-17(14-15)19(25)21(28-3)20(27-2)18(16)24/h15H,4-14H2,1-3H3,(H,23,26). The molecule has 162 valence electrons. The molecule has 0 atom stereocenters. The van der Waals surface area contributed by atoms with Crippen LogP contribution >= 0.6 is 0 Å². The lowest BCUT2D eigenvalue weighted by molar-refractivity contribution is -0.121. The zero-order chi connectivity index (χ0) is 21.2. The van der Waals surface area contributed by atoms with Crippen LogP contribution in [0.5, 0.6) is 0 Å². The van der Waals surface area contributed by atoms with E-state index in [1.807, 2.05) is 6.92 Å². The van der Waals surface area contributed by atoms with Gasteiger partial charge in [-0.1, -0.05) is 32.1 Å². The third-order valence-corrected chi connectivity index (χ3v) is 5.49. The van der Waals surface area contributed by atoms with E-state index >= 15 is 0 Å². The minimum absolute atomic E-state index is 0.0352. The zero-order valence-electron chi connectivity index (χ0n) is 17.8. The summed E-state index contributed by atoms with van der Waals surface area (Å²) >= 11 is 0. The van der Waals surface area contributed by atoms with Gasteiger partial charge in [-0.2, -0.15) is 0 Å². The third kappa shape index (κ3) is 6.08. The highest BCUT2D eigenvalue weighted by Crippen LogP contribution is 2.41. The fraction of sp³-hybridized carbons (Fsp3) is 0.682. The van der Waals surface area contributed by atoms with Crippen molar-refractivity contribution in [2.45, 2.75) is 64.7 Å². The Bertz CT molecular complexity index is 641. The molecule has 0 unspecified atom stereocenters. The summed E-state index contributed by atoms with van der Waals surface area (Å²) in [6, 6.07) is 0. The molecule has 0 aliphatic heterocycles. The second-order valence-electron chi connectivity index (χ2n) is 7.53. The SMILES string of the molecule is CCNC(=O)OCCCCCCCCC1CC2=C(C1)C(=O)C(OC)=C(OC)C2=O. The fourth-order valence-electron chi connectivity index (χ4n) is 4.01. The summed E-state index contributed by atoms with van der Waals surface area (Å²) < 4.78 is 15.3. The van der Waals surface area contributed by atoms with E-state index < -0.39 is 0 Å². The van der Waals surface area contributed by atoms with Crippen molar-refractivity contribution in [2.24, 2.45) is 5.92 Å². The lowest BCUT2D eigenvalue weighted by Gasteiger charge is -2.17. The second kappa shape index (κ2) is 11.6. The number of ketones is 2. The van der Waals surface area contributed by atoms with E-state index in [1.165, 1.54) is 14.2 Å². The van der Waals surface area contributed by atoms with Crippen LogP contribution in [-0.4, -0.2) is 45.0 Å². The number of carbonyl (C=O) groups excluding carboxylic acids is 3. The van der Waals surface area contributed by atoms with Crippen molar-refractivity contribution >= 4 is 17.7 Å². The zero-order valence-corrected chi connectivity index (χ0v) is 17.8. The van der Waals surface area contributed by atoms with Gasteiger partial charge < -0.3 is 19.5 Å². The van der Waals surface area contributed by atoms with Crippen molar-refractivity contribution in [1.29, 1.82) is 0 Å². The van der Waals surface area contributed by atoms with Gasteiger partial charge >= 0.3 is 6.09 Å². The Hall–Kier alpha value is -2.31. The van der Waals surface area contributed by atoms with Gasteiger partial charge in [0.15, 0.2) is 0 Å². The van der Waals surface area contributed by atoms with E-state index in [9.17, 15) is 14.4 Å². The molecule has 2 aliphatic carbocycles. The van der Waals surface area contributed by atoms with Crippen LogP contribution in [0.4, 0.5) is 4.79 Å². The van der Waals surface area contributed by atoms with Crippen molar-refractivity contribution in [3.8, 4) is 0 Å². The van der Waals surface area contributed by atoms with Crippen LogP contribution in [-0.2, 0) is 23.8 Å². The van der Waals surface area contributed by atoms with E-state index in [2.05, 4.69) is 5.32 Å². The number of alkyl carbamates (subject to hydrolysis) is 1.